The summed E-state index contributed by atoms with van der Waals surface area (Å²) in [5.74, 6) is 1.68. The second-order valence-electron chi connectivity index (χ2n) is 6.13. The lowest BCUT2D eigenvalue weighted by atomic mass is 10.1. The number of nitrogens with zero attached hydrogens (tertiary/aromatic N) is 3. The molecule has 2 aromatic carbocycles. The number of carbonyl (C=O) groups excluding carboxylic acids is 1. The number of hydrogen-bond acceptors (Lipinski definition) is 5. The van der Waals surface area contributed by atoms with Crippen molar-refractivity contribution in [3.05, 3.63) is 60.4 Å². The summed E-state index contributed by atoms with van der Waals surface area (Å²) in [7, 11) is 0. The van der Waals surface area contributed by atoms with Crippen LogP contribution in [0.1, 0.15) is 25.1 Å². The number of para-hydroxylation sites is 2. The summed E-state index contributed by atoms with van der Waals surface area (Å²) in [5, 5.41) is 4.10. The van der Waals surface area contributed by atoms with Gasteiger partial charge in [-0.2, -0.15) is 4.98 Å². The first-order chi connectivity index (χ1) is 12.8. The molecule has 0 saturated carbocycles. The largest absolute Gasteiger partial charge is 0.492 e. The van der Waals surface area contributed by atoms with Crippen LogP contribution in [0, 0.1) is 0 Å². The lowest BCUT2D eigenvalue weighted by Crippen LogP contribution is -2.25. The zero-order chi connectivity index (χ0) is 17.9. The van der Waals surface area contributed by atoms with E-state index in [1.54, 1.807) is 4.90 Å². The third-order valence-corrected chi connectivity index (χ3v) is 4.41. The number of anilines is 1. The van der Waals surface area contributed by atoms with Gasteiger partial charge in [-0.25, -0.2) is 0 Å². The van der Waals surface area contributed by atoms with E-state index in [-0.39, 0.29) is 11.8 Å². The molecule has 26 heavy (non-hydrogen) atoms. The first-order valence-corrected chi connectivity index (χ1v) is 8.67. The van der Waals surface area contributed by atoms with Gasteiger partial charge in [0, 0.05) is 24.4 Å². The van der Waals surface area contributed by atoms with Gasteiger partial charge in [0.2, 0.25) is 5.91 Å². The Hall–Kier alpha value is -3.15. The summed E-state index contributed by atoms with van der Waals surface area (Å²) in [6.45, 7) is 2.99. The number of aromatic nitrogens is 2. The molecule has 0 radical (unpaired) electrons. The Kier molecular flexibility index (Phi) is 4.39. The highest BCUT2D eigenvalue weighted by atomic mass is 16.5. The average Bonchev–Trinajstić information content (AvgIpc) is 3.30. The molecule has 1 aliphatic rings. The molecule has 1 amide bonds. The van der Waals surface area contributed by atoms with Crippen molar-refractivity contribution >= 4 is 11.6 Å². The van der Waals surface area contributed by atoms with Gasteiger partial charge in [-0.05, 0) is 31.2 Å². The van der Waals surface area contributed by atoms with Crippen molar-refractivity contribution in [3.63, 3.8) is 0 Å². The van der Waals surface area contributed by atoms with Gasteiger partial charge in [0.1, 0.15) is 5.75 Å². The standard InChI is InChI=1S/C20H19N3O3/c1-2-25-17-11-7-6-10-16(17)23-13-15(12-18(23)24)19-21-20(26-22-19)14-8-4-3-5-9-14/h3-11,15H,2,12-13H2,1H3. The summed E-state index contributed by atoms with van der Waals surface area (Å²) in [6, 6.07) is 17.2. The summed E-state index contributed by atoms with van der Waals surface area (Å²) in [5.41, 5.74) is 1.66. The topological polar surface area (TPSA) is 68.5 Å². The maximum absolute atomic E-state index is 12.6. The van der Waals surface area contributed by atoms with E-state index in [2.05, 4.69) is 10.1 Å². The molecule has 132 valence electrons. The average molecular weight is 349 g/mol. The van der Waals surface area contributed by atoms with Gasteiger partial charge >= 0.3 is 0 Å². The monoisotopic (exact) mass is 349 g/mol. The van der Waals surface area contributed by atoms with Crippen LogP contribution in [0.5, 0.6) is 5.75 Å². The minimum Gasteiger partial charge on any atom is -0.492 e. The van der Waals surface area contributed by atoms with E-state index in [9.17, 15) is 4.79 Å². The van der Waals surface area contributed by atoms with Crippen molar-refractivity contribution < 1.29 is 14.1 Å². The molecule has 1 aromatic heterocycles. The molecule has 0 bridgehead atoms. The molecule has 2 heterocycles. The number of carbonyl (C=O) groups is 1. The number of benzene rings is 2. The summed E-state index contributed by atoms with van der Waals surface area (Å²) in [4.78, 5) is 18.8. The molecule has 1 fully saturated rings. The molecule has 1 atom stereocenters. The van der Waals surface area contributed by atoms with Gasteiger partial charge in [-0.1, -0.05) is 35.5 Å². The minimum atomic E-state index is -0.0987. The Bertz CT molecular complexity index is 907. The van der Waals surface area contributed by atoms with Crippen LogP contribution in [0.15, 0.2) is 59.1 Å². The van der Waals surface area contributed by atoms with Crippen LogP contribution >= 0.6 is 0 Å². The van der Waals surface area contributed by atoms with E-state index < -0.39 is 0 Å². The first-order valence-electron chi connectivity index (χ1n) is 8.67. The molecule has 0 spiro atoms. The van der Waals surface area contributed by atoms with Crippen molar-refractivity contribution in [2.24, 2.45) is 0 Å². The third-order valence-electron chi connectivity index (χ3n) is 4.41. The van der Waals surface area contributed by atoms with E-state index in [1.165, 1.54) is 0 Å². The maximum Gasteiger partial charge on any atom is 0.257 e. The van der Waals surface area contributed by atoms with Crippen LogP contribution < -0.4 is 9.64 Å². The summed E-state index contributed by atoms with van der Waals surface area (Å²) >= 11 is 0. The lowest BCUT2D eigenvalue weighted by Gasteiger charge is -2.19. The van der Waals surface area contributed by atoms with Gasteiger partial charge in [0.25, 0.3) is 5.89 Å². The lowest BCUT2D eigenvalue weighted by molar-refractivity contribution is -0.117. The Labute approximate surface area is 151 Å². The van der Waals surface area contributed by atoms with Crippen molar-refractivity contribution in [1.82, 2.24) is 10.1 Å². The zero-order valence-electron chi connectivity index (χ0n) is 14.5. The molecule has 1 unspecified atom stereocenters. The number of amides is 1. The zero-order valence-corrected chi connectivity index (χ0v) is 14.5. The van der Waals surface area contributed by atoms with Crippen LogP contribution in [-0.2, 0) is 4.79 Å². The van der Waals surface area contributed by atoms with Gasteiger partial charge in [0.15, 0.2) is 5.82 Å². The Morgan fingerprint density at radius 3 is 2.73 bits per heavy atom. The highest BCUT2D eigenvalue weighted by Crippen LogP contribution is 2.36. The molecule has 0 aliphatic carbocycles. The molecule has 1 saturated heterocycles. The number of rotatable bonds is 5. The Morgan fingerprint density at radius 2 is 1.92 bits per heavy atom. The third kappa shape index (κ3) is 3.06. The molecule has 3 aromatic rings. The fourth-order valence-corrected chi connectivity index (χ4v) is 3.17. The highest BCUT2D eigenvalue weighted by molar-refractivity contribution is 5.97. The summed E-state index contributed by atoms with van der Waals surface area (Å²) < 4.78 is 11.0. The van der Waals surface area contributed by atoms with E-state index >= 15 is 0 Å². The highest BCUT2D eigenvalue weighted by Gasteiger charge is 2.35. The fourth-order valence-electron chi connectivity index (χ4n) is 3.17. The quantitative estimate of drug-likeness (QED) is 0.703. The van der Waals surface area contributed by atoms with Gasteiger partial charge in [-0.3, -0.25) is 4.79 Å². The van der Waals surface area contributed by atoms with Gasteiger partial charge < -0.3 is 14.2 Å². The molecule has 6 heteroatoms. The Balaban J connectivity index is 1.57. The number of hydrogen-bond donors (Lipinski definition) is 0. The van der Waals surface area contributed by atoms with Crippen LogP contribution in [0.3, 0.4) is 0 Å². The molecular weight excluding hydrogens is 330 g/mol. The predicted octanol–water partition coefficient (Wildman–Crippen LogP) is 3.66. The van der Waals surface area contributed by atoms with E-state index in [1.807, 2.05) is 61.5 Å². The SMILES string of the molecule is CCOc1ccccc1N1CC(c2noc(-c3ccccc3)n2)CC1=O. The second kappa shape index (κ2) is 7.00. The van der Waals surface area contributed by atoms with Crippen molar-refractivity contribution in [1.29, 1.82) is 0 Å². The van der Waals surface area contributed by atoms with E-state index in [0.29, 0.717) is 37.0 Å². The van der Waals surface area contributed by atoms with Crippen LogP contribution in [0.2, 0.25) is 0 Å². The molecular formula is C20H19N3O3. The van der Waals surface area contributed by atoms with E-state index in [4.69, 9.17) is 9.26 Å². The molecule has 6 nitrogen and oxygen atoms in total. The number of ether oxygens (including phenoxy) is 1. The molecule has 4 rings (SSSR count). The molecule has 1 aliphatic heterocycles. The normalized spacial score (nSPS) is 16.9. The van der Waals surface area contributed by atoms with Crippen molar-refractivity contribution in [2.45, 2.75) is 19.3 Å². The molecule has 0 N–H and O–H groups in total. The smallest absolute Gasteiger partial charge is 0.257 e. The maximum atomic E-state index is 12.6. The first kappa shape index (κ1) is 16.3. The van der Waals surface area contributed by atoms with E-state index in [0.717, 1.165) is 11.3 Å². The second-order valence-corrected chi connectivity index (χ2v) is 6.13. The van der Waals surface area contributed by atoms with Crippen LogP contribution in [-0.4, -0.2) is 29.2 Å². The fraction of sp³-hybridized carbons (Fsp3) is 0.250. The predicted molar refractivity (Wildman–Crippen MR) is 97.1 cm³/mol. The Morgan fingerprint density at radius 1 is 1.15 bits per heavy atom. The van der Waals surface area contributed by atoms with Gasteiger partial charge in [-0.15, -0.1) is 0 Å². The van der Waals surface area contributed by atoms with Crippen LogP contribution in [0.4, 0.5) is 5.69 Å². The van der Waals surface area contributed by atoms with Crippen molar-refractivity contribution in [2.75, 3.05) is 18.1 Å². The van der Waals surface area contributed by atoms with Crippen molar-refractivity contribution in [3.8, 4) is 17.2 Å². The van der Waals surface area contributed by atoms with Gasteiger partial charge in [0.05, 0.1) is 12.3 Å². The summed E-state index contributed by atoms with van der Waals surface area (Å²) in [6.07, 6.45) is 0.355. The van der Waals surface area contributed by atoms with Crippen LogP contribution in [0.25, 0.3) is 11.5 Å². The minimum absolute atomic E-state index is 0.0354.